The SMILES string of the molecule is O=c1[nH]c(COC2CCC2)c2c3c(c(-c4cn[nH]c4)sc13)OCCC2. The van der Waals surface area contributed by atoms with E-state index in [1.165, 1.54) is 23.3 Å². The first-order chi connectivity index (χ1) is 12.3. The van der Waals surface area contributed by atoms with Crippen molar-refractivity contribution in [3.05, 3.63) is 34.0 Å². The second kappa shape index (κ2) is 6.00. The summed E-state index contributed by atoms with van der Waals surface area (Å²) in [5.74, 6) is 0.824. The number of aromatic amines is 2. The molecular weight excluding hydrogens is 338 g/mol. The van der Waals surface area contributed by atoms with Crippen molar-refractivity contribution in [2.45, 2.75) is 44.8 Å². The number of thiophene rings is 1. The molecule has 6 nitrogen and oxygen atoms in total. The van der Waals surface area contributed by atoms with Crippen LogP contribution in [-0.2, 0) is 17.8 Å². The molecule has 0 saturated heterocycles. The fourth-order valence-corrected chi connectivity index (χ4v) is 4.68. The van der Waals surface area contributed by atoms with Gasteiger partial charge in [0.1, 0.15) is 10.4 Å². The van der Waals surface area contributed by atoms with Crippen molar-refractivity contribution in [3.8, 4) is 16.2 Å². The van der Waals surface area contributed by atoms with Crippen molar-refractivity contribution in [1.82, 2.24) is 15.2 Å². The first-order valence-electron chi connectivity index (χ1n) is 8.75. The molecule has 130 valence electrons. The number of H-pyrrole nitrogens is 2. The summed E-state index contributed by atoms with van der Waals surface area (Å²) >= 11 is 1.48. The molecule has 25 heavy (non-hydrogen) atoms. The molecule has 0 unspecified atom stereocenters. The zero-order valence-electron chi connectivity index (χ0n) is 13.8. The van der Waals surface area contributed by atoms with Crippen molar-refractivity contribution < 1.29 is 9.47 Å². The standard InChI is InChI=1S/C18H19N3O3S/c22-18-17-14-12(13(21-18)9-24-11-3-1-4-11)5-2-6-23-15(14)16(25-17)10-7-19-20-8-10/h7-8,11H,1-6,9H2,(H,19,20)(H,21,22). The molecule has 5 rings (SSSR count). The molecule has 0 amide bonds. The van der Waals surface area contributed by atoms with E-state index in [2.05, 4.69) is 15.2 Å². The molecule has 1 aliphatic carbocycles. The monoisotopic (exact) mass is 357 g/mol. The topological polar surface area (TPSA) is 80.0 Å². The highest BCUT2D eigenvalue weighted by atomic mass is 32.1. The highest BCUT2D eigenvalue weighted by molar-refractivity contribution is 7.22. The van der Waals surface area contributed by atoms with Gasteiger partial charge in [0.05, 0.1) is 30.4 Å². The Bertz CT molecular complexity index is 970. The highest BCUT2D eigenvalue weighted by Crippen LogP contribution is 2.46. The van der Waals surface area contributed by atoms with Crippen LogP contribution < -0.4 is 10.3 Å². The van der Waals surface area contributed by atoms with Gasteiger partial charge in [-0.1, -0.05) is 0 Å². The molecule has 2 aliphatic rings. The van der Waals surface area contributed by atoms with Gasteiger partial charge in [-0.3, -0.25) is 9.89 Å². The van der Waals surface area contributed by atoms with Gasteiger partial charge in [0.25, 0.3) is 5.56 Å². The number of ether oxygens (including phenoxy) is 2. The van der Waals surface area contributed by atoms with Crippen LogP contribution in [0, 0.1) is 0 Å². The van der Waals surface area contributed by atoms with Crippen molar-refractivity contribution in [2.24, 2.45) is 0 Å². The summed E-state index contributed by atoms with van der Waals surface area (Å²) in [5, 5.41) is 7.84. The Morgan fingerprint density at radius 1 is 1.36 bits per heavy atom. The lowest BCUT2D eigenvalue weighted by Crippen LogP contribution is -2.22. The van der Waals surface area contributed by atoms with Crippen molar-refractivity contribution >= 4 is 21.4 Å². The lowest BCUT2D eigenvalue weighted by atomic mass is 9.96. The molecule has 1 fully saturated rings. The smallest absolute Gasteiger partial charge is 0.266 e. The van der Waals surface area contributed by atoms with Gasteiger partial charge in [-0.15, -0.1) is 11.3 Å². The summed E-state index contributed by atoms with van der Waals surface area (Å²) < 4.78 is 12.8. The molecule has 3 aromatic rings. The van der Waals surface area contributed by atoms with Gasteiger partial charge < -0.3 is 14.5 Å². The molecule has 7 heteroatoms. The molecule has 0 radical (unpaired) electrons. The Morgan fingerprint density at radius 3 is 3.04 bits per heavy atom. The number of aromatic nitrogens is 3. The second-order valence-corrected chi connectivity index (χ2v) is 7.70. The summed E-state index contributed by atoms with van der Waals surface area (Å²) in [7, 11) is 0. The van der Waals surface area contributed by atoms with Crippen LogP contribution in [0.5, 0.6) is 5.75 Å². The van der Waals surface area contributed by atoms with Gasteiger partial charge in [-0.05, 0) is 37.7 Å². The minimum Gasteiger partial charge on any atom is -0.491 e. The lowest BCUT2D eigenvalue weighted by Gasteiger charge is -2.25. The lowest BCUT2D eigenvalue weighted by molar-refractivity contribution is -0.0104. The number of aryl methyl sites for hydroxylation is 1. The molecule has 4 heterocycles. The number of nitrogens with one attached hydrogen (secondary N) is 2. The molecule has 0 aromatic carbocycles. The predicted octanol–water partition coefficient (Wildman–Crippen LogP) is 3.37. The van der Waals surface area contributed by atoms with Crippen LogP contribution in [0.3, 0.4) is 0 Å². The molecular formula is C18H19N3O3S. The average molecular weight is 357 g/mol. The van der Waals surface area contributed by atoms with Crippen LogP contribution in [0.1, 0.15) is 36.9 Å². The normalized spacial score (nSPS) is 17.3. The second-order valence-electron chi connectivity index (χ2n) is 6.68. The van der Waals surface area contributed by atoms with E-state index in [4.69, 9.17) is 9.47 Å². The number of pyridine rings is 1. The fraction of sp³-hybridized carbons (Fsp3) is 0.444. The van der Waals surface area contributed by atoms with Crippen molar-refractivity contribution in [1.29, 1.82) is 0 Å². The Balaban J connectivity index is 1.67. The molecule has 0 spiro atoms. The Hall–Kier alpha value is -2.12. The number of hydrogen-bond donors (Lipinski definition) is 2. The van der Waals surface area contributed by atoms with Crippen LogP contribution in [0.2, 0.25) is 0 Å². The van der Waals surface area contributed by atoms with Gasteiger partial charge in [0, 0.05) is 22.8 Å². The van der Waals surface area contributed by atoms with E-state index in [1.54, 1.807) is 6.20 Å². The van der Waals surface area contributed by atoms with E-state index in [-0.39, 0.29) is 5.56 Å². The largest absolute Gasteiger partial charge is 0.491 e. The van der Waals surface area contributed by atoms with Crippen LogP contribution in [0.15, 0.2) is 17.2 Å². The van der Waals surface area contributed by atoms with Crippen LogP contribution in [-0.4, -0.2) is 27.9 Å². The molecule has 3 aromatic heterocycles. The van der Waals surface area contributed by atoms with E-state index in [0.29, 0.717) is 19.3 Å². The zero-order valence-corrected chi connectivity index (χ0v) is 14.6. The number of nitrogens with zero attached hydrogens (tertiary/aromatic N) is 1. The maximum atomic E-state index is 12.7. The Morgan fingerprint density at radius 2 is 2.28 bits per heavy atom. The van der Waals surface area contributed by atoms with Gasteiger partial charge in [0.2, 0.25) is 0 Å². The fourth-order valence-electron chi connectivity index (χ4n) is 3.53. The van der Waals surface area contributed by atoms with E-state index < -0.39 is 0 Å². The van der Waals surface area contributed by atoms with Gasteiger partial charge in [-0.2, -0.15) is 5.10 Å². The average Bonchev–Trinajstić information content (AvgIpc) is 3.15. The number of hydrogen-bond acceptors (Lipinski definition) is 5. The summed E-state index contributed by atoms with van der Waals surface area (Å²) in [6.45, 7) is 1.13. The summed E-state index contributed by atoms with van der Waals surface area (Å²) in [6.07, 6.45) is 9.26. The summed E-state index contributed by atoms with van der Waals surface area (Å²) in [4.78, 5) is 16.7. The first kappa shape index (κ1) is 15.2. The summed E-state index contributed by atoms with van der Waals surface area (Å²) in [5.41, 5.74) is 2.98. The third kappa shape index (κ3) is 2.49. The minimum absolute atomic E-state index is 0.0579. The van der Waals surface area contributed by atoms with Crippen molar-refractivity contribution in [3.63, 3.8) is 0 Å². The molecule has 1 aliphatic heterocycles. The summed E-state index contributed by atoms with van der Waals surface area (Å²) in [6, 6.07) is 0. The van der Waals surface area contributed by atoms with Gasteiger partial charge in [-0.25, -0.2) is 0 Å². The molecule has 0 bridgehead atoms. The quantitative estimate of drug-likeness (QED) is 0.750. The van der Waals surface area contributed by atoms with Gasteiger partial charge >= 0.3 is 0 Å². The predicted molar refractivity (Wildman–Crippen MR) is 96.3 cm³/mol. The van der Waals surface area contributed by atoms with Crippen molar-refractivity contribution in [2.75, 3.05) is 6.61 Å². The number of rotatable bonds is 4. The van der Waals surface area contributed by atoms with E-state index in [1.807, 2.05) is 6.20 Å². The zero-order chi connectivity index (χ0) is 16.8. The van der Waals surface area contributed by atoms with Crippen LogP contribution in [0.4, 0.5) is 0 Å². The third-order valence-electron chi connectivity index (χ3n) is 5.09. The maximum absolute atomic E-state index is 12.7. The highest BCUT2D eigenvalue weighted by Gasteiger charge is 2.26. The van der Waals surface area contributed by atoms with E-state index in [0.717, 1.165) is 57.7 Å². The third-order valence-corrected chi connectivity index (χ3v) is 6.31. The maximum Gasteiger partial charge on any atom is 0.266 e. The Kier molecular flexibility index (Phi) is 3.64. The van der Waals surface area contributed by atoms with Crippen LogP contribution >= 0.6 is 11.3 Å². The minimum atomic E-state index is -0.0579. The van der Waals surface area contributed by atoms with E-state index >= 15 is 0 Å². The molecule has 1 saturated carbocycles. The first-order valence-corrected chi connectivity index (χ1v) is 9.57. The van der Waals surface area contributed by atoms with Gasteiger partial charge in [0.15, 0.2) is 0 Å². The Labute approximate surface area is 148 Å². The molecule has 0 atom stereocenters. The van der Waals surface area contributed by atoms with E-state index in [9.17, 15) is 4.79 Å². The van der Waals surface area contributed by atoms with Crippen LogP contribution in [0.25, 0.3) is 20.5 Å². The molecule has 2 N–H and O–H groups in total.